The first-order valence-corrected chi connectivity index (χ1v) is 7.68. The van der Waals surface area contributed by atoms with E-state index in [-0.39, 0.29) is 23.3 Å². The number of halogens is 1. The number of non-ortho nitro benzene ring substituents is 1. The quantitative estimate of drug-likeness (QED) is 0.539. The first-order valence-electron chi connectivity index (χ1n) is 7.30. The van der Waals surface area contributed by atoms with E-state index in [0.29, 0.717) is 16.5 Å². The van der Waals surface area contributed by atoms with Crippen molar-refractivity contribution in [3.05, 3.63) is 62.1 Å². The highest BCUT2D eigenvalue weighted by Gasteiger charge is 2.17. The van der Waals surface area contributed by atoms with Crippen LogP contribution in [0.15, 0.2) is 45.6 Å². The molecule has 1 amide bonds. The van der Waals surface area contributed by atoms with Gasteiger partial charge in [0.05, 0.1) is 29.3 Å². The molecule has 0 aliphatic heterocycles. The number of nitrogens with one attached hydrogen (secondary N) is 1. The molecule has 3 aromatic rings. The van der Waals surface area contributed by atoms with E-state index in [9.17, 15) is 19.7 Å². The van der Waals surface area contributed by atoms with Crippen LogP contribution in [0.5, 0.6) is 5.75 Å². The number of oxazole rings is 1. The normalized spacial score (nSPS) is 10.7. The SMILES string of the molecule is COc1ccc(Cl)cc1NC(=O)Cn1c(=O)oc2cc([N+](=O)[O-])ccc21. The molecule has 0 bridgehead atoms. The number of carbonyl (C=O) groups is 1. The molecule has 0 unspecified atom stereocenters. The number of nitro benzene ring substituents is 1. The lowest BCUT2D eigenvalue weighted by molar-refractivity contribution is -0.384. The molecule has 0 saturated heterocycles. The van der Waals surface area contributed by atoms with E-state index >= 15 is 0 Å². The molecule has 0 spiro atoms. The summed E-state index contributed by atoms with van der Waals surface area (Å²) in [4.78, 5) is 34.5. The fraction of sp³-hybridized carbons (Fsp3) is 0.125. The van der Waals surface area contributed by atoms with Crippen molar-refractivity contribution in [2.24, 2.45) is 0 Å². The zero-order valence-electron chi connectivity index (χ0n) is 13.4. The molecule has 3 rings (SSSR count). The highest BCUT2D eigenvalue weighted by atomic mass is 35.5. The summed E-state index contributed by atoms with van der Waals surface area (Å²) in [7, 11) is 1.44. The maximum absolute atomic E-state index is 12.3. The van der Waals surface area contributed by atoms with Crippen LogP contribution < -0.4 is 15.8 Å². The van der Waals surface area contributed by atoms with E-state index in [2.05, 4.69) is 5.32 Å². The van der Waals surface area contributed by atoms with Crippen molar-refractivity contribution in [2.45, 2.75) is 6.54 Å². The van der Waals surface area contributed by atoms with Gasteiger partial charge >= 0.3 is 5.76 Å². The minimum absolute atomic E-state index is 0.0253. The Hall–Kier alpha value is -3.33. The minimum atomic E-state index is -0.797. The number of aromatic nitrogens is 1. The topological polar surface area (TPSA) is 117 Å². The summed E-state index contributed by atoms with van der Waals surface area (Å²) in [6.07, 6.45) is 0. The standard InChI is InChI=1S/C16H12ClN3O6/c1-25-13-5-2-9(17)6-11(13)18-15(21)8-19-12-4-3-10(20(23)24)7-14(12)26-16(19)22/h2-7H,8H2,1H3,(H,18,21). The zero-order valence-corrected chi connectivity index (χ0v) is 14.1. The number of carbonyl (C=O) groups excluding carboxylic acids is 1. The van der Waals surface area contributed by atoms with Crippen LogP contribution in [-0.2, 0) is 11.3 Å². The molecule has 0 atom stereocenters. The third-order valence-corrected chi connectivity index (χ3v) is 3.84. The minimum Gasteiger partial charge on any atom is -0.495 e. The monoisotopic (exact) mass is 377 g/mol. The maximum Gasteiger partial charge on any atom is 0.420 e. The van der Waals surface area contributed by atoms with Crippen molar-refractivity contribution in [3.63, 3.8) is 0 Å². The summed E-state index contributed by atoms with van der Waals surface area (Å²) in [5.74, 6) is -0.912. The summed E-state index contributed by atoms with van der Waals surface area (Å²) >= 11 is 5.91. The number of fused-ring (bicyclic) bond motifs is 1. The van der Waals surface area contributed by atoms with Gasteiger partial charge < -0.3 is 14.5 Å². The Balaban J connectivity index is 1.88. The molecule has 1 N–H and O–H groups in total. The van der Waals surface area contributed by atoms with Gasteiger partial charge in [-0.1, -0.05) is 11.6 Å². The van der Waals surface area contributed by atoms with Gasteiger partial charge in [0.1, 0.15) is 12.3 Å². The number of hydrogen-bond donors (Lipinski definition) is 1. The fourth-order valence-corrected chi connectivity index (χ4v) is 2.60. The van der Waals surface area contributed by atoms with Gasteiger partial charge in [-0.15, -0.1) is 0 Å². The molecule has 2 aromatic carbocycles. The second kappa shape index (κ2) is 6.89. The Kier molecular flexibility index (Phi) is 4.63. The number of rotatable bonds is 5. The van der Waals surface area contributed by atoms with Crippen LogP contribution in [0.25, 0.3) is 11.1 Å². The molecular formula is C16H12ClN3O6. The smallest absolute Gasteiger partial charge is 0.420 e. The Morgan fingerprint density at radius 3 is 2.81 bits per heavy atom. The lowest BCUT2D eigenvalue weighted by atomic mass is 10.2. The van der Waals surface area contributed by atoms with Crippen molar-refractivity contribution in [1.82, 2.24) is 4.57 Å². The zero-order chi connectivity index (χ0) is 18.8. The average molecular weight is 378 g/mol. The van der Waals surface area contributed by atoms with Crippen LogP contribution in [0.2, 0.25) is 5.02 Å². The van der Waals surface area contributed by atoms with Gasteiger partial charge in [0.25, 0.3) is 5.69 Å². The lowest BCUT2D eigenvalue weighted by Gasteiger charge is -2.10. The van der Waals surface area contributed by atoms with E-state index in [0.717, 1.165) is 10.6 Å². The Bertz CT molecular complexity index is 1070. The molecule has 0 aliphatic rings. The van der Waals surface area contributed by atoms with Crippen LogP contribution in [0.3, 0.4) is 0 Å². The highest BCUT2D eigenvalue weighted by Crippen LogP contribution is 2.27. The predicted molar refractivity (Wildman–Crippen MR) is 93.8 cm³/mol. The molecule has 0 radical (unpaired) electrons. The molecule has 0 saturated carbocycles. The van der Waals surface area contributed by atoms with Crippen LogP contribution >= 0.6 is 11.6 Å². The number of nitro groups is 1. The van der Waals surface area contributed by atoms with Crippen LogP contribution in [0, 0.1) is 10.1 Å². The average Bonchev–Trinajstić information content (AvgIpc) is 2.90. The van der Waals surface area contributed by atoms with Crippen molar-refractivity contribution in [1.29, 1.82) is 0 Å². The lowest BCUT2D eigenvalue weighted by Crippen LogP contribution is -2.24. The Labute approximate surface area is 150 Å². The summed E-state index contributed by atoms with van der Waals surface area (Å²) in [6.45, 7) is -0.348. The second-order valence-corrected chi connectivity index (χ2v) is 5.69. The summed E-state index contributed by atoms with van der Waals surface area (Å²) in [5.41, 5.74) is 0.430. The number of nitrogens with zero attached hydrogens (tertiary/aromatic N) is 2. The van der Waals surface area contributed by atoms with Gasteiger partial charge in [-0.25, -0.2) is 4.79 Å². The number of benzene rings is 2. The summed E-state index contributed by atoms with van der Waals surface area (Å²) in [5, 5.41) is 13.8. The summed E-state index contributed by atoms with van der Waals surface area (Å²) in [6, 6.07) is 8.42. The highest BCUT2D eigenvalue weighted by molar-refractivity contribution is 6.31. The fourth-order valence-electron chi connectivity index (χ4n) is 2.43. The van der Waals surface area contributed by atoms with E-state index < -0.39 is 16.6 Å². The van der Waals surface area contributed by atoms with Crippen LogP contribution in [-0.4, -0.2) is 22.5 Å². The van der Waals surface area contributed by atoms with E-state index in [1.54, 1.807) is 12.1 Å². The van der Waals surface area contributed by atoms with E-state index in [4.69, 9.17) is 20.8 Å². The van der Waals surface area contributed by atoms with Gasteiger partial charge in [0, 0.05) is 11.1 Å². The van der Waals surface area contributed by atoms with Gasteiger partial charge in [-0.2, -0.15) is 0 Å². The molecule has 1 heterocycles. The van der Waals surface area contributed by atoms with Crippen LogP contribution in [0.1, 0.15) is 0 Å². The van der Waals surface area contributed by atoms with Gasteiger partial charge in [-0.05, 0) is 24.3 Å². The largest absolute Gasteiger partial charge is 0.495 e. The van der Waals surface area contributed by atoms with Crippen molar-refractivity contribution in [2.75, 3.05) is 12.4 Å². The second-order valence-electron chi connectivity index (χ2n) is 5.26. The van der Waals surface area contributed by atoms with Gasteiger partial charge in [0.2, 0.25) is 5.91 Å². The molecule has 134 valence electrons. The first-order chi connectivity index (χ1) is 12.4. The number of anilines is 1. The summed E-state index contributed by atoms with van der Waals surface area (Å²) < 4.78 is 11.2. The third kappa shape index (κ3) is 3.38. The molecule has 26 heavy (non-hydrogen) atoms. The number of methoxy groups -OCH3 is 1. The first kappa shape index (κ1) is 17.5. The molecule has 0 fully saturated rings. The molecule has 0 aliphatic carbocycles. The molecule has 1 aromatic heterocycles. The molecule has 9 nitrogen and oxygen atoms in total. The Morgan fingerprint density at radius 1 is 1.35 bits per heavy atom. The van der Waals surface area contributed by atoms with E-state index in [1.165, 1.54) is 25.3 Å². The van der Waals surface area contributed by atoms with E-state index in [1.807, 2.05) is 0 Å². The van der Waals surface area contributed by atoms with Crippen molar-refractivity contribution >= 4 is 40.0 Å². The molecular weight excluding hydrogens is 366 g/mol. The Morgan fingerprint density at radius 2 is 2.12 bits per heavy atom. The number of hydrogen-bond acceptors (Lipinski definition) is 6. The van der Waals surface area contributed by atoms with Gasteiger partial charge in [-0.3, -0.25) is 19.5 Å². The van der Waals surface area contributed by atoms with Crippen molar-refractivity contribution < 1.29 is 18.9 Å². The van der Waals surface area contributed by atoms with Gasteiger partial charge in [0.15, 0.2) is 5.58 Å². The predicted octanol–water partition coefficient (Wildman–Crippen LogP) is 2.80. The van der Waals surface area contributed by atoms with Crippen LogP contribution in [0.4, 0.5) is 11.4 Å². The third-order valence-electron chi connectivity index (χ3n) is 3.60. The molecule has 10 heteroatoms. The van der Waals surface area contributed by atoms with Crippen molar-refractivity contribution in [3.8, 4) is 5.75 Å². The number of ether oxygens (including phenoxy) is 1. The maximum atomic E-state index is 12.3. The number of amides is 1.